The number of likely N-dealkylation sites (N-methyl/N-ethyl adjacent to an activating group) is 1. The summed E-state index contributed by atoms with van der Waals surface area (Å²) in [5.41, 5.74) is 10.9. The summed E-state index contributed by atoms with van der Waals surface area (Å²) in [5.74, 6) is -0.188. The van der Waals surface area contributed by atoms with E-state index < -0.39 is 5.54 Å². The van der Waals surface area contributed by atoms with E-state index in [0.717, 1.165) is 35.7 Å². The number of carbonyl (C=O) groups excluding carboxylic acids is 3. The van der Waals surface area contributed by atoms with Gasteiger partial charge >= 0.3 is 0 Å². The van der Waals surface area contributed by atoms with Crippen LogP contribution in [0.15, 0.2) is 65.6 Å². The molecule has 5 rings (SSSR count). The molecule has 0 saturated carbocycles. The van der Waals surface area contributed by atoms with Crippen molar-refractivity contribution < 1.29 is 14.4 Å². The average molecular weight is 515 g/mol. The van der Waals surface area contributed by atoms with Crippen LogP contribution >= 0.6 is 11.8 Å². The zero-order chi connectivity index (χ0) is 26.2. The minimum Gasteiger partial charge on any atom is -0.348 e. The lowest BCUT2D eigenvalue weighted by Gasteiger charge is -2.30. The molecule has 3 aromatic carbocycles. The van der Waals surface area contributed by atoms with Gasteiger partial charge in [-0.25, -0.2) is 0 Å². The third kappa shape index (κ3) is 5.32. The highest BCUT2D eigenvalue weighted by Crippen LogP contribution is 2.37. The summed E-state index contributed by atoms with van der Waals surface area (Å²) in [6, 6.07) is 18.6. The molecule has 0 radical (unpaired) electrons. The highest BCUT2D eigenvalue weighted by atomic mass is 32.2. The van der Waals surface area contributed by atoms with Gasteiger partial charge in [0.1, 0.15) is 0 Å². The van der Waals surface area contributed by atoms with Crippen LogP contribution in [-0.4, -0.2) is 41.8 Å². The van der Waals surface area contributed by atoms with E-state index in [-0.39, 0.29) is 24.1 Å². The Morgan fingerprint density at radius 1 is 1.03 bits per heavy atom. The SMILES string of the molecule is CN1CCc2ccc(NC(=O)c3cccc(CNC(=O)c4ccc5c(c4)C(C)(N)C(=O)CS5)c3)cc2C1. The van der Waals surface area contributed by atoms with Crippen LogP contribution in [0.3, 0.4) is 0 Å². The van der Waals surface area contributed by atoms with Gasteiger partial charge in [-0.3, -0.25) is 14.4 Å². The number of amides is 2. The molecule has 1 atom stereocenters. The molecule has 2 heterocycles. The van der Waals surface area contributed by atoms with E-state index in [2.05, 4.69) is 28.6 Å². The first-order chi connectivity index (χ1) is 17.7. The lowest BCUT2D eigenvalue weighted by atomic mass is 9.87. The van der Waals surface area contributed by atoms with E-state index >= 15 is 0 Å². The molecule has 7 nitrogen and oxygen atoms in total. The van der Waals surface area contributed by atoms with Crippen LogP contribution in [0.25, 0.3) is 0 Å². The van der Waals surface area contributed by atoms with Gasteiger partial charge in [0, 0.05) is 41.3 Å². The molecular formula is C29H30N4O3S. The summed E-state index contributed by atoms with van der Waals surface area (Å²) < 4.78 is 0. The van der Waals surface area contributed by atoms with E-state index in [1.54, 1.807) is 37.3 Å². The molecule has 8 heteroatoms. The van der Waals surface area contributed by atoms with Gasteiger partial charge < -0.3 is 21.3 Å². The number of hydrogen-bond acceptors (Lipinski definition) is 6. The summed E-state index contributed by atoms with van der Waals surface area (Å²) in [6.07, 6.45) is 1.02. The standard InChI is InChI=1S/C29H30N4O3S/c1-29(30)24-14-21(7-9-25(24)37-17-26(29)34)27(35)31-15-18-4-3-5-20(12-18)28(36)32-23-8-6-19-10-11-33(2)16-22(19)13-23/h3-9,12-14H,10-11,15-17,30H2,1-2H3,(H,31,35)(H,32,36). The third-order valence-corrected chi connectivity index (χ3v) is 8.12. The van der Waals surface area contributed by atoms with Gasteiger partial charge in [-0.2, -0.15) is 0 Å². The van der Waals surface area contributed by atoms with E-state index in [4.69, 9.17) is 5.73 Å². The molecule has 4 N–H and O–H groups in total. The van der Waals surface area contributed by atoms with Crippen LogP contribution in [-0.2, 0) is 29.8 Å². The number of nitrogens with one attached hydrogen (secondary N) is 2. The fourth-order valence-corrected chi connectivity index (χ4v) is 5.91. The maximum absolute atomic E-state index is 12.9. The Kier molecular flexibility index (Phi) is 6.90. The van der Waals surface area contributed by atoms with Gasteiger partial charge in [-0.15, -0.1) is 11.8 Å². The van der Waals surface area contributed by atoms with E-state index in [1.807, 2.05) is 24.3 Å². The van der Waals surface area contributed by atoms with Crippen LogP contribution in [0.5, 0.6) is 0 Å². The second-order valence-corrected chi connectivity index (χ2v) is 11.0. The summed E-state index contributed by atoms with van der Waals surface area (Å²) in [4.78, 5) is 41.3. The Morgan fingerprint density at radius 3 is 2.68 bits per heavy atom. The maximum Gasteiger partial charge on any atom is 0.255 e. The zero-order valence-electron chi connectivity index (χ0n) is 21.0. The molecule has 37 heavy (non-hydrogen) atoms. The fraction of sp³-hybridized carbons (Fsp3) is 0.276. The van der Waals surface area contributed by atoms with Gasteiger partial charge in [-0.1, -0.05) is 18.2 Å². The number of anilines is 1. The van der Waals surface area contributed by atoms with Gasteiger partial charge in [0.05, 0.1) is 11.3 Å². The van der Waals surface area contributed by atoms with E-state index in [9.17, 15) is 14.4 Å². The second-order valence-electron chi connectivity index (χ2n) is 9.93. The molecule has 190 valence electrons. The number of thioether (sulfide) groups is 1. The van der Waals surface area contributed by atoms with Crippen molar-refractivity contribution in [2.24, 2.45) is 5.73 Å². The number of nitrogens with two attached hydrogens (primary N) is 1. The average Bonchev–Trinajstić information content (AvgIpc) is 2.89. The monoisotopic (exact) mass is 514 g/mol. The number of Topliss-reactive ketones (excluding diaryl/α,β-unsaturated/α-hetero) is 1. The Balaban J connectivity index is 1.24. The van der Waals surface area contributed by atoms with E-state index in [1.165, 1.54) is 22.9 Å². The lowest BCUT2D eigenvalue weighted by Crippen LogP contribution is -2.45. The van der Waals surface area contributed by atoms with Crippen molar-refractivity contribution in [1.29, 1.82) is 0 Å². The Bertz CT molecular complexity index is 1400. The Labute approximate surface area is 220 Å². The number of benzene rings is 3. The largest absolute Gasteiger partial charge is 0.348 e. The Morgan fingerprint density at radius 2 is 1.84 bits per heavy atom. The quantitative estimate of drug-likeness (QED) is 0.480. The van der Waals surface area contributed by atoms with Gasteiger partial charge in [-0.05, 0) is 85.1 Å². The molecular weight excluding hydrogens is 484 g/mol. The highest BCUT2D eigenvalue weighted by Gasteiger charge is 2.36. The molecule has 2 aliphatic heterocycles. The van der Waals surface area contributed by atoms with Crippen molar-refractivity contribution in [1.82, 2.24) is 10.2 Å². The van der Waals surface area contributed by atoms with Crippen LogP contribution in [0.2, 0.25) is 0 Å². The topological polar surface area (TPSA) is 105 Å². The molecule has 0 aliphatic carbocycles. The molecule has 0 aromatic heterocycles. The first-order valence-corrected chi connectivity index (χ1v) is 13.3. The van der Waals surface area contributed by atoms with Crippen LogP contribution in [0, 0.1) is 0 Å². The molecule has 1 unspecified atom stereocenters. The highest BCUT2D eigenvalue weighted by molar-refractivity contribution is 8.00. The summed E-state index contributed by atoms with van der Waals surface area (Å²) in [5, 5.41) is 5.90. The normalized spacial score (nSPS) is 19.1. The predicted molar refractivity (Wildman–Crippen MR) is 146 cm³/mol. The number of hydrogen-bond donors (Lipinski definition) is 3. The van der Waals surface area contributed by atoms with Crippen LogP contribution in [0.4, 0.5) is 5.69 Å². The molecule has 0 saturated heterocycles. The summed E-state index contributed by atoms with van der Waals surface area (Å²) in [7, 11) is 2.10. The molecule has 3 aromatic rings. The van der Waals surface area contributed by atoms with Crippen molar-refractivity contribution in [3.8, 4) is 0 Å². The third-order valence-electron chi connectivity index (χ3n) is 7.05. The van der Waals surface area contributed by atoms with Gasteiger partial charge in [0.25, 0.3) is 11.8 Å². The van der Waals surface area contributed by atoms with Gasteiger partial charge in [0.15, 0.2) is 5.78 Å². The molecule has 0 fully saturated rings. The number of fused-ring (bicyclic) bond motifs is 2. The number of nitrogens with zero attached hydrogens (tertiary/aromatic N) is 1. The molecule has 0 spiro atoms. The molecule has 2 amide bonds. The Hall–Kier alpha value is -3.46. The van der Waals surface area contributed by atoms with Crippen molar-refractivity contribution >= 4 is 35.0 Å². The smallest absolute Gasteiger partial charge is 0.255 e. The molecule has 0 bridgehead atoms. The molecule has 2 aliphatic rings. The van der Waals surface area contributed by atoms with Crippen molar-refractivity contribution in [2.75, 3.05) is 24.7 Å². The predicted octanol–water partition coefficient (Wildman–Crippen LogP) is 3.71. The first kappa shape index (κ1) is 25.2. The van der Waals surface area contributed by atoms with Crippen LogP contribution < -0.4 is 16.4 Å². The number of ketones is 1. The maximum atomic E-state index is 12.9. The van der Waals surface area contributed by atoms with Gasteiger partial charge in [0.2, 0.25) is 0 Å². The van der Waals surface area contributed by atoms with E-state index in [0.29, 0.717) is 22.4 Å². The number of carbonyl (C=O) groups is 3. The summed E-state index contributed by atoms with van der Waals surface area (Å²) >= 11 is 1.44. The minimum absolute atomic E-state index is 0.0552. The van der Waals surface area contributed by atoms with Crippen molar-refractivity contribution in [2.45, 2.75) is 36.9 Å². The number of rotatable bonds is 5. The fourth-order valence-electron chi connectivity index (χ4n) is 4.73. The summed E-state index contributed by atoms with van der Waals surface area (Å²) in [6.45, 7) is 3.86. The van der Waals surface area contributed by atoms with Crippen molar-refractivity contribution in [3.05, 3.63) is 94.0 Å². The van der Waals surface area contributed by atoms with Crippen LogP contribution in [0.1, 0.15) is 49.9 Å². The second kappa shape index (κ2) is 10.1. The van der Waals surface area contributed by atoms with Crippen molar-refractivity contribution in [3.63, 3.8) is 0 Å². The lowest BCUT2D eigenvalue weighted by molar-refractivity contribution is -0.121. The zero-order valence-corrected chi connectivity index (χ0v) is 21.8. The minimum atomic E-state index is -1.10. The first-order valence-electron chi connectivity index (χ1n) is 12.3.